The van der Waals surface area contributed by atoms with Gasteiger partial charge in [0, 0.05) is 46.0 Å². The van der Waals surface area contributed by atoms with Gasteiger partial charge in [0.1, 0.15) is 5.82 Å². The number of alkyl halides is 3. The van der Waals surface area contributed by atoms with E-state index >= 15 is 0 Å². The largest absolute Gasteiger partial charge is 0.417 e. The summed E-state index contributed by atoms with van der Waals surface area (Å²) in [6.07, 6.45) is -3.52. The number of hydrogen-bond acceptors (Lipinski definition) is 4. The highest BCUT2D eigenvalue weighted by molar-refractivity contribution is 5.81. The smallest absolute Gasteiger partial charge is 0.354 e. The first-order valence-electron chi connectivity index (χ1n) is 9.57. The zero-order valence-electron chi connectivity index (χ0n) is 16.6. The van der Waals surface area contributed by atoms with Gasteiger partial charge in [0.25, 0.3) is 0 Å². The van der Waals surface area contributed by atoms with E-state index in [9.17, 15) is 18.0 Å². The average molecular weight is 406 g/mol. The predicted molar refractivity (Wildman–Crippen MR) is 105 cm³/mol. The fraction of sp³-hybridized carbons (Fsp3) is 0.429. The number of hydrogen-bond donors (Lipinski definition) is 0. The molecule has 0 unspecified atom stereocenters. The second-order valence-electron chi connectivity index (χ2n) is 7.28. The van der Waals surface area contributed by atoms with Crippen molar-refractivity contribution in [1.82, 2.24) is 14.8 Å². The molecule has 0 N–H and O–H groups in total. The van der Waals surface area contributed by atoms with Gasteiger partial charge in [-0.1, -0.05) is 30.3 Å². The molecule has 1 saturated heterocycles. The van der Waals surface area contributed by atoms with Crippen LogP contribution in [0.5, 0.6) is 0 Å². The maximum atomic E-state index is 12.8. The van der Waals surface area contributed by atoms with E-state index in [1.165, 1.54) is 6.07 Å². The highest BCUT2D eigenvalue weighted by atomic mass is 19.4. The molecule has 156 valence electrons. The van der Waals surface area contributed by atoms with Gasteiger partial charge in [-0.05, 0) is 24.6 Å². The number of amides is 1. The van der Waals surface area contributed by atoms with Crippen LogP contribution in [0.3, 0.4) is 0 Å². The van der Waals surface area contributed by atoms with Crippen molar-refractivity contribution in [3.63, 3.8) is 0 Å². The van der Waals surface area contributed by atoms with Gasteiger partial charge >= 0.3 is 6.18 Å². The molecule has 2 heterocycles. The maximum Gasteiger partial charge on any atom is 0.417 e. The number of nitrogens with zero attached hydrogens (tertiary/aromatic N) is 4. The van der Waals surface area contributed by atoms with Crippen LogP contribution in [0.25, 0.3) is 0 Å². The number of aromatic nitrogens is 1. The third-order valence-electron chi connectivity index (χ3n) is 5.26. The Morgan fingerprint density at radius 1 is 1.10 bits per heavy atom. The highest BCUT2D eigenvalue weighted by Gasteiger charge is 2.31. The van der Waals surface area contributed by atoms with Gasteiger partial charge in [0.05, 0.1) is 11.6 Å². The SMILES string of the molecule is C[C@H](C(=O)N(C)Cc1ccccc1)N1CCN(c2ccc(C(F)(F)F)cn2)CC1. The number of pyridine rings is 1. The van der Waals surface area contributed by atoms with Crippen molar-refractivity contribution < 1.29 is 18.0 Å². The van der Waals surface area contributed by atoms with Crippen LogP contribution in [0, 0.1) is 0 Å². The normalized spacial score (nSPS) is 16.5. The lowest BCUT2D eigenvalue weighted by atomic mass is 10.1. The van der Waals surface area contributed by atoms with Crippen LogP contribution in [0.15, 0.2) is 48.7 Å². The molecular weight excluding hydrogens is 381 g/mol. The molecule has 3 rings (SSSR count). The number of anilines is 1. The summed E-state index contributed by atoms with van der Waals surface area (Å²) in [5.74, 6) is 0.577. The molecular formula is C21H25F3N4O. The Morgan fingerprint density at radius 2 is 1.76 bits per heavy atom. The molecule has 29 heavy (non-hydrogen) atoms. The third kappa shape index (κ3) is 5.26. The van der Waals surface area contributed by atoms with Crippen LogP contribution in [0.1, 0.15) is 18.1 Å². The minimum absolute atomic E-state index is 0.0509. The minimum Gasteiger partial charge on any atom is -0.354 e. The highest BCUT2D eigenvalue weighted by Crippen LogP contribution is 2.29. The van der Waals surface area contributed by atoms with E-state index in [0.29, 0.717) is 38.5 Å². The molecule has 1 aromatic heterocycles. The van der Waals surface area contributed by atoms with Crippen LogP contribution in [-0.2, 0) is 17.5 Å². The first-order chi connectivity index (χ1) is 13.8. The lowest BCUT2D eigenvalue weighted by molar-refractivity contribution is -0.138. The van der Waals surface area contributed by atoms with Gasteiger partial charge in [0.2, 0.25) is 5.91 Å². The Kier molecular flexibility index (Phi) is 6.42. The number of carbonyl (C=O) groups is 1. The molecule has 0 radical (unpaired) electrons. The van der Waals surface area contributed by atoms with Crippen molar-refractivity contribution in [2.24, 2.45) is 0 Å². The second-order valence-corrected chi connectivity index (χ2v) is 7.28. The molecule has 0 spiro atoms. The Bertz CT molecular complexity index is 803. The van der Waals surface area contributed by atoms with Crippen molar-refractivity contribution >= 4 is 11.7 Å². The van der Waals surface area contributed by atoms with Crippen LogP contribution >= 0.6 is 0 Å². The van der Waals surface area contributed by atoms with Crippen molar-refractivity contribution in [3.05, 3.63) is 59.8 Å². The van der Waals surface area contributed by atoms with Crippen LogP contribution in [0.4, 0.5) is 19.0 Å². The number of piperazine rings is 1. The molecule has 0 bridgehead atoms. The van der Waals surface area contributed by atoms with E-state index in [0.717, 1.165) is 17.8 Å². The van der Waals surface area contributed by atoms with E-state index < -0.39 is 11.7 Å². The fourth-order valence-corrected chi connectivity index (χ4v) is 3.49. The van der Waals surface area contributed by atoms with Crippen LogP contribution in [0.2, 0.25) is 0 Å². The van der Waals surface area contributed by atoms with Crippen molar-refractivity contribution in [1.29, 1.82) is 0 Å². The average Bonchev–Trinajstić information content (AvgIpc) is 2.73. The van der Waals surface area contributed by atoms with Crippen molar-refractivity contribution in [2.45, 2.75) is 25.7 Å². The van der Waals surface area contributed by atoms with Crippen LogP contribution in [-0.4, -0.2) is 60.0 Å². The number of benzene rings is 1. The quantitative estimate of drug-likeness (QED) is 0.764. The van der Waals surface area contributed by atoms with E-state index in [4.69, 9.17) is 0 Å². The first-order valence-corrected chi connectivity index (χ1v) is 9.57. The zero-order chi connectivity index (χ0) is 21.0. The molecule has 5 nitrogen and oxygen atoms in total. The van der Waals surface area contributed by atoms with Crippen molar-refractivity contribution in [2.75, 3.05) is 38.1 Å². The molecule has 0 saturated carbocycles. The number of likely N-dealkylation sites (N-methyl/N-ethyl adjacent to an activating group) is 1. The monoisotopic (exact) mass is 406 g/mol. The van der Waals surface area contributed by atoms with E-state index in [-0.39, 0.29) is 11.9 Å². The summed E-state index contributed by atoms with van der Waals surface area (Å²) in [5.41, 5.74) is 0.328. The Balaban J connectivity index is 1.53. The van der Waals surface area contributed by atoms with Gasteiger partial charge < -0.3 is 9.80 Å². The third-order valence-corrected chi connectivity index (χ3v) is 5.26. The van der Waals surface area contributed by atoms with E-state index in [1.54, 1.807) is 11.9 Å². The summed E-state index contributed by atoms with van der Waals surface area (Å²) in [5, 5.41) is 0. The summed E-state index contributed by atoms with van der Waals surface area (Å²) in [6.45, 7) is 4.97. The van der Waals surface area contributed by atoms with Gasteiger partial charge in [0.15, 0.2) is 0 Å². The van der Waals surface area contributed by atoms with Crippen LogP contribution < -0.4 is 4.90 Å². The number of rotatable bonds is 5. The summed E-state index contributed by atoms with van der Waals surface area (Å²) in [6, 6.07) is 12.0. The second kappa shape index (κ2) is 8.82. The van der Waals surface area contributed by atoms with Gasteiger partial charge in [-0.2, -0.15) is 13.2 Å². The summed E-state index contributed by atoms with van der Waals surface area (Å²) < 4.78 is 38.1. The van der Waals surface area contributed by atoms with Crippen molar-refractivity contribution in [3.8, 4) is 0 Å². The molecule has 1 aliphatic heterocycles. The molecule has 1 amide bonds. The van der Waals surface area contributed by atoms with Gasteiger partial charge in [-0.3, -0.25) is 9.69 Å². The number of halogens is 3. The maximum absolute atomic E-state index is 12.8. The molecule has 1 aromatic carbocycles. The standard InChI is InChI=1S/C21H25F3N4O/c1-16(20(29)26(2)15-17-6-4-3-5-7-17)27-10-12-28(13-11-27)19-9-8-18(14-25-19)21(22,23)24/h3-9,14,16H,10-13,15H2,1-2H3/t16-/m1/s1. The molecule has 1 fully saturated rings. The summed E-state index contributed by atoms with van der Waals surface area (Å²) >= 11 is 0. The zero-order valence-corrected chi connectivity index (χ0v) is 16.6. The Morgan fingerprint density at radius 3 is 2.31 bits per heavy atom. The molecule has 2 aromatic rings. The van der Waals surface area contributed by atoms with Gasteiger partial charge in [-0.15, -0.1) is 0 Å². The molecule has 8 heteroatoms. The summed E-state index contributed by atoms with van der Waals surface area (Å²) in [7, 11) is 1.80. The van der Waals surface area contributed by atoms with Gasteiger partial charge in [-0.25, -0.2) is 4.98 Å². The molecule has 0 aliphatic carbocycles. The molecule has 1 atom stereocenters. The topological polar surface area (TPSA) is 39.7 Å². The van der Waals surface area contributed by atoms with E-state index in [2.05, 4.69) is 9.88 Å². The predicted octanol–water partition coefficient (Wildman–Crippen LogP) is 3.27. The van der Waals surface area contributed by atoms with E-state index in [1.807, 2.05) is 42.2 Å². The minimum atomic E-state index is -4.38. The summed E-state index contributed by atoms with van der Waals surface area (Å²) in [4.78, 5) is 22.5. The number of carbonyl (C=O) groups excluding carboxylic acids is 1. The lowest BCUT2D eigenvalue weighted by Gasteiger charge is -2.39. The first kappa shape index (κ1) is 21.1. The molecule has 1 aliphatic rings. The lowest BCUT2D eigenvalue weighted by Crippen LogP contribution is -2.54. The Hall–Kier alpha value is -2.61. The Labute approximate surface area is 168 Å². The fourth-order valence-electron chi connectivity index (χ4n) is 3.49.